The van der Waals surface area contributed by atoms with Crippen LogP contribution in [0.25, 0.3) is 5.69 Å². The van der Waals surface area contributed by atoms with Crippen LogP contribution in [-0.4, -0.2) is 30.6 Å². The van der Waals surface area contributed by atoms with E-state index < -0.39 is 0 Å². The Hall–Kier alpha value is -2.85. The van der Waals surface area contributed by atoms with Crippen molar-refractivity contribution >= 4 is 11.8 Å². The highest BCUT2D eigenvalue weighted by molar-refractivity contribution is 8.00. The molecule has 0 fully saturated rings. The van der Waals surface area contributed by atoms with Gasteiger partial charge in [-0.1, -0.05) is 41.6 Å². The largest absolute Gasteiger partial charge is 0.508 e. The predicted molar refractivity (Wildman–Crippen MR) is 91.0 cm³/mol. The third kappa shape index (κ3) is 3.73. The molecule has 1 heterocycles. The molecule has 0 saturated carbocycles. The minimum absolute atomic E-state index is 0.176. The van der Waals surface area contributed by atoms with Gasteiger partial charge in [0.2, 0.25) is 5.16 Å². The van der Waals surface area contributed by atoms with Gasteiger partial charge in [-0.3, -0.25) is 0 Å². The van der Waals surface area contributed by atoms with Crippen LogP contribution >= 0.6 is 11.8 Å². The maximum absolute atomic E-state index is 9.46. The van der Waals surface area contributed by atoms with Crippen molar-refractivity contribution in [1.29, 1.82) is 5.26 Å². The van der Waals surface area contributed by atoms with E-state index in [-0.39, 0.29) is 11.0 Å². The van der Waals surface area contributed by atoms with Crippen molar-refractivity contribution in [3.8, 4) is 17.5 Å². The first kappa shape index (κ1) is 16.0. The number of phenols is 1. The number of tetrazole rings is 1. The molecule has 0 aliphatic heterocycles. The maximum Gasteiger partial charge on any atom is 0.215 e. The average molecular weight is 337 g/mol. The van der Waals surface area contributed by atoms with Gasteiger partial charge in [0.15, 0.2) is 0 Å². The van der Waals surface area contributed by atoms with E-state index in [1.807, 2.05) is 31.2 Å². The lowest BCUT2D eigenvalue weighted by atomic mass is 10.1. The minimum Gasteiger partial charge on any atom is -0.508 e. The van der Waals surface area contributed by atoms with Gasteiger partial charge in [-0.2, -0.15) is 9.94 Å². The van der Waals surface area contributed by atoms with Crippen LogP contribution in [-0.2, 0) is 6.42 Å². The maximum atomic E-state index is 9.46. The highest BCUT2D eigenvalue weighted by Gasteiger charge is 2.17. The van der Waals surface area contributed by atoms with Gasteiger partial charge in [-0.15, -0.1) is 5.10 Å². The molecule has 0 aliphatic rings. The number of hydrogen-bond acceptors (Lipinski definition) is 6. The molecule has 3 rings (SSSR count). The quantitative estimate of drug-likeness (QED) is 0.720. The van der Waals surface area contributed by atoms with Crippen LogP contribution in [0.5, 0.6) is 5.75 Å². The topological polar surface area (TPSA) is 87.6 Å². The van der Waals surface area contributed by atoms with Crippen LogP contribution in [0.4, 0.5) is 0 Å². The summed E-state index contributed by atoms with van der Waals surface area (Å²) in [5.74, 6) is 0.176. The Morgan fingerprint density at radius 3 is 2.54 bits per heavy atom. The fourth-order valence-electron chi connectivity index (χ4n) is 2.19. The third-order valence-electron chi connectivity index (χ3n) is 3.47. The van der Waals surface area contributed by atoms with Gasteiger partial charge < -0.3 is 5.11 Å². The summed E-state index contributed by atoms with van der Waals surface area (Å²) in [4.78, 5) is 0. The molecule has 1 aromatic heterocycles. The van der Waals surface area contributed by atoms with E-state index in [1.54, 1.807) is 28.9 Å². The van der Waals surface area contributed by atoms with Gasteiger partial charge in [0.05, 0.1) is 11.8 Å². The van der Waals surface area contributed by atoms with Crippen LogP contribution in [0.1, 0.15) is 11.1 Å². The zero-order valence-corrected chi connectivity index (χ0v) is 13.8. The van der Waals surface area contributed by atoms with Crippen LogP contribution in [0.2, 0.25) is 0 Å². The Kier molecular flexibility index (Phi) is 4.77. The van der Waals surface area contributed by atoms with E-state index >= 15 is 0 Å². The van der Waals surface area contributed by atoms with Gasteiger partial charge in [-0.25, -0.2) is 0 Å². The fraction of sp³-hybridized carbons (Fsp3) is 0.176. The molecule has 0 saturated heterocycles. The molecule has 1 N–H and O–H groups in total. The summed E-state index contributed by atoms with van der Waals surface area (Å²) in [6.45, 7) is 2.03. The van der Waals surface area contributed by atoms with E-state index in [0.717, 1.165) is 11.3 Å². The number of aromatic hydroxyl groups is 1. The Bertz CT molecular complexity index is 852. The van der Waals surface area contributed by atoms with E-state index in [9.17, 15) is 10.4 Å². The van der Waals surface area contributed by atoms with Gasteiger partial charge >= 0.3 is 0 Å². The van der Waals surface area contributed by atoms with E-state index in [2.05, 4.69) is 21.6 Å². The molecular formula is C17H15N5OS. The van der Waals surface area contributed by atoms with Crippen molar-refractivity contribution in [2.75, 3.05) is 0 Å². The third-order valence-corrected chi connectivity index (χ3v) is 4.49. The second kappa shape index (κ2) is 7.15. The van der Waals surface area contributed by atoms with Gasteiger partial charge in [0.25, 0.3) is 0 Å². The van der Waals surface area contributed by atoms with Crippen molar-refractivity contribution in [1.82, 2.24) is 20.2 Å². The first-order chi connectivity index (χ1) is 11.7. The van der Waals surface area contributed by atoms with Crippen LogP contribution in [0, 0.1) is 18.3 Å². The van der Waals surface area contributed by atoms with Crippen molar-refractivity contribution < 1.29 is 5.11 Å². The lowest BCUT2D eigenvalue weighted by molar-refractivity contribution is 0.475. The summed E-state index contributed by atoms with van der Waals surface area (Å²) in [5.41, 5.74) is 3.02. The van der Waals surface area contributed by atoms with Gasteiger partial charge in [0, 0.05) is 0 Å². The molecule has 7 heteroatoms. The van der Waals surface area contributed by atoms with Gasteiger partial charge in [0.1, 0.15) is 11.0 Å². The van der Waals surface area contributed by atoms with Gasteiger partial charge in [-0.05, 0) is 53.6 Å². The number of nitrogens with zero attached hydrogens (tertiary/aromatic N) is 5. The fourth-order valence-corrected chi connectivity index (χ4v) is 3.10. The van der Waals surface area contributed by atoms with E-state index in [4.69, 9.17) is 0 Å². The number of aromatic nitrogens is 4. The summed E-state index contributed by atoms with van der Waals surface area (Å²) in [6.07, 6.45) is 0.615. The molecule has 0 unspecified atom stereocenters. The molecule has 2 aromatic carbocycles. The molecule has 0 amide bonds. The van der Waals surface area contributed by atoms with Crippen molar-refractivity contribution in [3.05, 3.63) is 59.7 Å². The highest BCUT2D eigenvalue weighted by Crippen LogP contribution is 2.25. The molecule has 3 aromatic rings. The van der Waals surface area contributed by atoms with Crippen molar-refractivity contribution in [3.63, 3.8) is 0 Å². The molecular weight excluding hydrogens is 322 g/mol. The molecule has 0 radical (unpaired) electrons. The number of thioether (sulfide) groups is 1. The first-order valence-corrected chi connectivity index (χ1v) is 8.23. The van der Waals surface area contributed by atoms with E-state index in [1.165, 1.54) is 17.3 Å². The Morgan fingerprint density at radius 2 is 1.88 bits per heavy atom. The molecule has 24 heavy (non-hydrogen) atoms. The molecule has 0 spiro atoms. The first-order valence-electron chi connectivity index (χ1n) is 7.35. The lowest BCUT2D eigenvalue weighted by Crippen LogP contribution is -2.07. The summed E-state index contributed by atoms with van der Waals surface area (Å²) in [5, 5.41) is 30.8. The van der Waals surface area contributed by atoms with Crippen LogP contribution in [0.3, 0.4) is 0 Å². The Morgan fingerprint density at radius 1 is 1.17 bits per heavy atom. The number of phenolic OH excluding ortho intramolecular Hbond substituents is 1. The number of aryl methyl sites for hydroxylation is 1. The minimum atomic E-state index is -0.297. The number of nitriles is 1. The molecule has 120 valence electrons. The zero-order valence-electron chi connectivity index (χ0n) is 13.0. The second-order valence-corrected chi connectivity index (χ2v) is 6.48. The van der Waals surface area contributed by atoms with Crippen LogP contribution < -0.4 is 0 Å². The molecule has 0 bridgehead atoms. The van der Waals surface area contributed by atoms with Crippen LogP contribution in [0.15, 0.2) is 53.7 Å². The molecule has 1 atom stereocenters. The zero-order chi connectivity index (χ0) is 16.9. The van der Waals surface area contributed by atoms with Crippen molar-refractivity contribution in [2.45, 2.75) is 23.8 Å². The summed E-state index contributed by atoms with van der Waals surface area (Å²) in [7, 11) is 0. The number of hydrogen-bond donors (Lipinski definition) is 1. The molecule has 0 aliphatic carbocycles. The Labute approximate surface area is 143 Å². The summed E-state index contributed by atoms with van der Waals surface area (Å²) < 4.78 is 1.56. The van der Waals surface area contributed by atoms with Crippen molar-refractivity contribution in [2.24, 2.45) is 0 Å². The van der Waals surface area contributed by atoms with E-state index in [0.29, 0.717) is 11.6 Å². The number of rotatable bonds is 5. The number of benzene rings is 2. The highest BCUT2D eigenvalue weighted by atomic mass is 32.2. The normalized spacial score (nSPS) is 11.8. The lowest BCUT2D eigenvalue weighted by Gasteiger charge is -2.09. The standard InChI is InChI=1S/C17H15N5OS/c1-12-2-4-13(5-3-12)10-16(11-18)24-17-19-20-21-22(17)14-6-8-15(23)9-7-14/h2-9,16,23H,10H2,1H3/t16-/m0/s1. The monoisotopic (exact) mass is 337 g/mol. The summed E-state index contributed by atoms with van der Waals surface area (Å²) >= 11 is 1.32. The molecule has 6 nitrogen and oxygen atoms in total. The Balaban J connectivity index is 1.77. The smallest absolute Gasteiger partial charge is 0.215 e. The average Bonchev–Trinajstić information content (AvgIpc) is 3.05. The summed E-state index contributed by atoms with van der Waals surface area (Å²) in [6, 6.07) is 17.0. The second-order valence-electron chi connectivity index (χ2n) is 5.31. The predicted octanol–water partition coefficient (Wildman–Crippen LogP) is 2.90. The SMILES string of the molecule is Cc1ccc(C[C@@H](C#N)Sc2nnnn2-c2ccc(O)cc2)cc1.